The molecule has 1 fully saturated rings. The number of hydrogen-bond acceptors (Lipinski definition) is 4. The maximum Gasteiger partial charge on any atom is 0.422 e. The lowest BCUT2D eigenvalue weighted by Gasteiger charge is -2.24. The van der Waals surface area contributed by atoms with Crippen LogP contribution in [0.15, 0.2) is 23.2 Å². The number of amides is 1. The van der Waals surface area contributed by atoms with Crippen LogP contribution in [-0.2, 0) is 16.1 Å². The molecule has 1 aromatic rings. The summed E-state index contributed by atoms with van der Waals surface area (Å²) in [6.07, 6.45) is -1.30. The van der Waals surface area contributed by atoms with E-state index < -0.39 is 12.8 Å². The van der Waals surface area contributed by atoms with Crippen molar-refractivity contribution in [3.63, 3.8) is 0 Å². The largest absolute Gasteiger partial charge is 0.484 e. The smallest absolute Gasteiger partial charge is 0.422 e. The summed E-state index contributed by atoms with van der Waals surface area (Å²) < 4.78 is 48.4. The molecule has 7 nitrogen and oxygen atoms in total. The number of aliphatic imine (C=N–C) groups is 1. The van der Waals surface area contributed by atoms with Gasteiger partial charge in [0.05, 0.1) is 19.2 Å². The molecule has 10 heteroatoms. The third-order valence-corrected chi connectivity index (χ3v) is 4.70. The number of carbonyl (C=O) groups excluding carboxylic acids is 1. The Hall–Kier alpha value is -2.49. The van der Waals surface area contributed by atoms with E-state index in [0.717, 1.165) is 24.8 Å². The first-order valence-corrected chi connectivity index (χ1v) is 10.3. The quantitative estimate of drug-likeness (QED) is 0.476. The molecule has 0 aliphatic carbocycles. The summed E-state index contributed by atoms with van der Waals surface area (Å²) in [4.78, 5) is 17.8. The van der Waals surface area contributed by atoms with Crippen LogP contribution in [0.25, 0.3) is 0 Å². The van der Waals surface area contributed by atoms with Gasteiger partial charge in [0.1, 0.15) is 5.75 Å². The summed E-state index contributed by atoms with van der Waals surface area (Å²) in [5, 5.41) is 6.13. The van der Waals surface area contributed by atoms with Crippen molar-refractivity contribution in [2.24, 2.45) is 4.99 Å². The van der Waals surface area contributed by atoms with Gasteiger partial charge in [-0.05, 0) is 37.8 Å². The highest BCUT2D eigenvalue weighted by molar-refractivity contribution is 5.86. The fraction of sp³-hybridized carbons (Fsp3) is 0.619. The van der Waals surface area contributed by atoms with Gasteiger partial charge < -0.3 is 25.0 Å². The van der Waals surface area contributed by atoms with Crippen LogP contribution in [0.2, 0.25) is 0 Å². The lowest BCUT2D eigenvalue weighted by atomic mass is 10.1. The molecule has 2 N–H and O–H groups in total. The number of hydrogen-bond donors (Lipinski definition) is 2. The Morgan fingerprint density at radius 1 is 1.29 bits per heavy atom. The SMILES string of the molecule is Cc1ccc(CN=C(NCC(=O)N(C)C)NCC2CCCCO2)c(OCC(F)(F)F)c1. The first kappa shape index (κ1) is 24.8. The molecule has 1 aliphatic heterocycles. The van der Waals surface area contributed by atoms with Crippen molar-refractivity contribution in [3.05, 3.63) is 29.3 Å². The number of halogens is 3. The van der Waals surface area contributed by atoms with Crippen LogP contribution in [-0.4, -0.2) is 69.4 Å². The molecule has 1 heterocycles. The fourth-order valence-electron chi connectivity index (χ4n) is 2.92. The molecule has 2 rings (SSSR count). The number of benzene rings is 1. The minimum absolute atomic E-state index is 0.0374. The molecule has 1 aromatic carbocycles. The predicted molar refractivity (Wildman–Crippen MR) is 112 cm³/mol. The number of likely N-dealkylation sites (N-methyl/N-ethyl adjacent to an activating group) is 1. The van der Waals surface area contributed by atoms with Gasteiger partial charge in [0.15, 0.2) is 12.6 Å². The minimum Gasteiger partial charge on any atom is -0.484 e. The van der Waals surface area contributed by atoms with E-state index in [9.17, 15) is 18.0 Å². The average molecular weight is 444 g/mol. The van der Waals surface area contributed by atoms with E-state index in [-0.39, 0.29) is 30.9 Å². The molecule has 1 unspecified atom stereocenters. The molecule has 0 radical (unpaired) electrons. The third-order valence-electron chi connectivity index (χ3n) is 4.70. The second-order valence-electron chi connectivity index (χ2n) is 7.69. The number of alkyl halides is 3. The summed E-state index contributed by atoms with van der Waals surface area (Å²) in [7, 11) is 3.31. The van der Waals surface area contributed by atoms with E-state index >= 15 is 0 Å². The van der Waals surface area contributed by atoms with Gasteiger partial charge in [-0.2, -0.15) is 13.2 Å². The standard InChI is InChI=1S/C21H31F3N4O3/c1-15-7-8-16(18(10-15)31-14-21(22,23)24)11-25-20(27-13-19(29)28(2)3)26-12-17-6-4-5-9-30-17/h7-8,10,17H,4-6,9,11-14H2,1-3H3,(H2,25,26,27). The molecule has 0 aromatic heterocycles. The van der Waals surface area contributed by atoms with E-state index in [1.165, 1.54) is 4.90 Å². The second-order valence-corrected chi connectivity index (χ2v) is 7.69. The van der Waals surface area contributed by atoms with Crippen LogP contribution in [0, 0.1) is 6.92 Å². The van der Waals surface area contributed by atoms with Crippen LogP contribution in [0.5, 0.6) is 5.75 Å². The van der Waals surface area contributed by atoms with Gasteiger partial charge in [0.2, 0.25) is 5.91 Å². The number of nitrogens with zero attached hydrogens (tertiary/aromatic N) is 2. The third kappa shape index (κ3) is 9.46. The van der Waals surface area contributed by atoms with Gasteiger partial charge in [-0.3, -0.25) is 4.79 Å². The Morgan fingerprint density at radius 2 is 2.06 bits per heavy atom. The Balaban J connectivity index is 2.08. The highest BCUT2D eigenvalue weighted by Gasteiger charge is 2.28. The summed E-state index contributed by atoms with van der Waals surface area (Å²) in [6.45, 7) is 1.77. The molecular weight excluding hydrogens is 413 g/mol. The molecule has 174 valence electrons. The van der Waals surface area contributed by atoms with Crippen LogP contribution in [0.1, 0.15) is 30.4 Å². The zero-order valence-electron chi connectivity index (χ0n) is 18.2. The van der Waals surface area contributed by atoms with E-state index in [1.54, 1.807) is 39.2 Å². The molecule has 1 aliphatic rings. The van der Waals surface area contributed by atoms with Gasteiger partial charge in [-0.15, -0.1) is 0 Å². The summed E-state index contributed by atoms with van der Waals surface area (Å²) in [5.41, 5.74) is 1.30. The predicted octanol–water partition coefficient (Wildman–Crippen LogP) is 2.63. The van der Waals surface area contributed by atoms with Gasteiger partial charge in [-0.1, -0.05) is 12.1 Å². The van der Waals surface area contributed by atoms with Crippen LogP contribution in [0.4, 0.5) is 13.2 Å². The van der Waals surface area contributed by atoms with Crippen molar-refractivity contribution in [1.82, 2.24) is 15.5 Å². The number of aryl methyl sites for hydroxylation is 1. The molecule has 1 atom stereocenters. The maximum atomic E-state index is 12.6. The van der Waals surface area contributed by atoms with Crippen LogP contribution in [0.3, 0.4) is 0 Å². The number of nitrogens with one attached hydrogen (secondary N) is 2. The minimum atomic E-state index is -4.43. The van der Waals surface area contributed by atoms with Crippen LogP contribution < -0.4 is 15.4 Å². The number of carbonyl (C=O) groups is 1. The molecule has 0 spiro atoms. The van der Waals surface area contributed by atoms with E-state index in [2.05, 4.69) is 15.6 Å². The van der Waals surface area contributed by atoms with Gasteiger partial charge in [0.25, 0.3) is 0 Å². The van der Waals surface area contributed by atoms with Crippen molar-refractivity contribution >= 4 is 11.9 Å². The summed E-state index contributed by atoms with van der Waals surface area (Å²) in [5.74, 6) is 0.389. The molecule has 0 bridgehead atoms. The van der Waals surface area contributed by atoms with E-state index in [4.69, 9.17) is 9.47 Å². The highest BCUT2D eigenvalue weighted by atomic mass is 19.4. The van der Waals surface area contributed by atoms with Crippen molar-refractivity contribution in [3.8, 4) is 5.75 Å². The summed E-state index contributed by atoms with van der Waals surface area (Å²) in [6, 6.07) is 5.04. The van der Waals surface area contributed by atoms with Crippen molar-refractivity contribution in [1.29, 1.82) is 0 Å². The van der Waals surface area contributed by atoms with Crippen LogP contribution >= 0.6 is 0 Å². The van der Waals surface area contributed by atoms with E-state index in [0.29, 0.717) is 24.7 Å². The normalized spacial score (nSPS) is 17.2. The first-order valence-electron chi connectivity index (χ1n) is 10.3. The molecule has 0 saturated carbocycles. The molecule has 1 amide bonds. The van der Waals surface area contributed by atoms with Crippen molar-refractivity contribution in [2.45, 2.75) is 45.0 Å². The zero-order valence-corrected chi connectivity index (χ0v) is 18.2. The Kier molecular flexibility index (Phi) is 9.42. The highest BCUT2D eigenvalue weighted by Crippen LogP contribution is 2.24. The van der Waals surface area contributed by atoms with Crippen molar-refractivity contribution in [2.75, 3.05) is 40.4 Å². The molecule has 1 saturated heterocycles. The topological polar surface area (TPSA) is 75.2 Å². The number of ether oxygens (including phenoxy) is 2. The van der Waals surface area contributed by atoms with E-state index in [1.807, 2.05) is 0 Å². The first-order chi connectivity index (χ1) is 14.6. The number of rotatable bonds is 8. The van der Waals surface area contributed by atoms with Gasteiger partial charge >= 0.3 is 6.18 Å². The Labute approximate surface area is 181 Å². The monoisotopic (exact) mass is 444 g/mol. The Morgan fingerprint density at radius 3 is 2.71 bits per heavy atom. The fourth-order valence-corrected chi connectivity index (χ4v) is 2.92. The lowest BCUT2D eigenvalue weighted by Crippen LogP contribution is -2.45. The van der Waals surface area contributed by atoms with Gasteiger partial charge in [0, 0.05) is 32.8 Å². The lowest BCUT2D eigenvalue weighted by molar-refractivity contribution is -0.153. The molecular formula is C21H31F3N4O3. The van der Waals surface area contributed by atoms with Crippen molar-refractivity contribution < 1.29 is 27.4 Å². The summed E-state index contributed by atoms with van der Waals surface area (Å²) >= 11 is 0. The average Bonchev–Trinajstić information content (AvgIpc) is 2.72. The maximum absolute atomic E-state index is 12.6. The zero-order chi connectivity index (χ0) is 22.9. The second kappa shape index (κ2) is 11.8. The molecule has 31 heavy (non-hydrogen) atoms. The number of guanidine groups is 1. The van der Waals surface area contributed by atoms with Gasteiger partial charge in [-0.25, -0.2) is 4.99 Å². The Bertz CT molecular complexity index is 748.